The summed E-state index contributed by atoms with van der Waals surface area (Å²) in [4.78, 5) is 23.1. The predicted molar refractivity (Wildman–Crippen MR) is 112 cm³/mol. The van der Waals surface area contributed by atoms with Crippen LogP contribution >= 0.6 is 11.3 Å². The number of hydrogen-bond donors (Lipinski definition) is 0. The van der Waals surface area contributed by atoms with Crippen molar-refractivity contribution in [3.8, 4) is 11.5 Å². The second-order valence-electron chi connectivity index (χ2n) is 6.81. The third-order valence-corrected chi connectivity index (χ3v) is 5.80. The van der Waals surface area contributed by atoms with Crippen LogP contribution in [0.3, 0.4) is 0 Å². The number of amides is 1. The zero-order chi connectivity index (χ0) is 21.4. The molecule has 6 nitrogen and oxygen atoms in total. The van der Waals surface area contributed by atoms with Crippen LogP contribution in [0, 0.1) is 11.6 Å². The number of ether oxygens (including phenoxy) is 2. The molecule has 156 valence electrons. The van der Waals surface area contributed by atoms with Crippen LogP contribution in [0.25, 0.3) is 10.2 Å². The average molecular weight is 439 g/mol. The number of hydrogen-bond acceptors (Lipinski definition) is 6. The van der Waals surface area contributed by atoms with Gasteiger partial charge in [0.1, 0.15) is 30.4 Å². The van der Waals surface area contributed by atoms with Crippen molar-refractivity contribution in [1.29, 1.82) is 0 Å². The van der Waals surface area contributed by atoms with Gasteiger partial charge in [-0.1, -0.05) is 23.5 Å². The highest BCUT2D eigenvalue weighted by molar-refractivity contribution is 7.22. The first-order valence-corrected chi connectivity index (χ1v) is 10.3. The van der Waals surface area contributed by atoms with Gasteiger partial charge in [0.2, 0.25) is 0 Å². The van der Waals surface area contributed by atoms with E-state index in [1.54, 1.807) is 36.7 Å². The maximum Gasteiger partial charge on any atom is 0.266 e. The Morgan fingerprint density at radius 2 is 1.81 bits per heavy atom. The smallest absolute Gasteiger partial charge is 0.266 e. The summed E-state index contributed by atoms with van der Waals surface area (Å²) in [5.41, 5.74) is 0.664. The van der Waals surface area contributed by atoms with Crippen LogP contribution in [0.5, 0.6) is 11.5 Å². The molecule has 0 fully saturated rings. The molecule has 0 aliphatic carbocycles. The minimum Gasteiger partial charge on any atom is -0.486 e. The van der Waals surface area contributed by atoms with Gasteiger partial charge in [-0.05, 0) is 23.8 Å². The van der Waals surface area contributed by atoms with Crippen LogP contribution in [0.1, 0.15) is 15.9 Å². The molecular weight excluding hydrogens is 424 g/mol. The molecule has 31 heavy (non-hydrogen) atoms. The summed E-state index contributed by atoms with van der Waals surface area (Å²) >= 11 is 1.23. The topological polar surface area (TPSA) is 64.6 Å². The number of halogens is 2. The van der Waals surface area contributed by atoms with E-state index in [9.17, 15) is 13.6 Å². The van der Waals surface area contributed by atoms with E-state index in [0.717, 1.165) is 16.8 Å². The van der Waals surface area contributed by atoms with Crippen LogP contribution in [-0.2, 0) is 6.54 Å². The Bertz CT molecular complexity index is 1220. The molecule has 0 atom stereocenters. The molecule has 2 aromatic carbocycles. The third kappa shape index (κ3) is 3.68. The van der Waals surface area contributed by atoms with Crippen molar-refractivity contribution in [1.82, 2.24) is 9.97 Å². The van der Waals surface area contributed by atoms with Gasteiger partial charge >= 0.3 is 0 Å². The van der Waals surface area contributed by atoms with Crippen LogP contribution in [0.15, 0.2) is 54.9 Å². The lowest BCUT2D eigenvalue weighted by Gasteiger charge is -2.20. The molecule has 0 spiro atoms. The lowest BCUT2D eigenvalue weighted by Crippen LogP contribution is -2.32. The van der Waals surface area contributed by atoms with Crippen molar-refractivity contribution in [2.75, 3.05) is 18.1 Å². The molecule has 4 aromatic rings. The van der Waals surface area contributed by atoms with E-state index >= 15 is 0 Å². The van der Waals surface area contributed by atoms with E-state index in [1.165, 1.54) is 22.3 Å². The molecule has 2 aromatic heterocycles. The van der Waals surface area contributed by atoms with Crippen molar-refractivity contribution in [2.24, 2.45) is 0 Å². The molecule has 1 aliphatic heterocycles. The number of benzene rings is 2. The van der Waals surface area contributed by atoms with Gasteiger partial charge in [-0.25, -0.2) is 13.8 Å². The Labute approximate surface area is 179 Å². The average Bonchev–Trinajstić information content (AvgIpc) is 3.18. The van der Waals surface area contributed by atoms with Gasteiger partial charge in [-0.3, -0.25) is 14.7 Å². The summed E-state index contributed by atoms with van der Waals surface area (Å²) in [5, 5.41) is 0.300. The van der Waals surface area contributed by atoms with E-state index in [2.05, 4.69) is 9.97 Å². The molecule has 0 unspecified atom stereocenters. The standard InChI is InChI=1S/C22H15F2N3O3S/c23-14-4-1-5-15(24)20(14)21(28)27(12-13-3-2-6-25-11-13)22-26-16-9-17-18(10-19(16)31-22)30-8-7-29-17/h1-6,9-11H,7-8,12H2. The first-order valence-electron chi connectivity index (χ1n) is 9.45. The number of thiazole rings is 1. The molecule has 0 radical (unpaired) electrons. The fraction of sp³-hybridized carbons (Fsp3) is 0.136. The summed E-state index contributed by atoms with van der Waals surface area (Å²) < 4.78 is 40.7. The minimum atomic E-state index is -0.931. The highest BCUT2D eigenvalue weighted by Gasteiger charge is 2.27. The fourth-order valence-electron chi connectivity index (χ4n) is 3.31. The third-order valence-electron chi connectivity index (χ3n) is 4.76. The maximum atomic E-state index is 14.4. The van der Waals surface area contributed by atoms with Crippen molar-refractivity contribution >= 4 is 32.6 Å². The Morgan fingerprint density at radius 1 is 1.06 bits per heavy atom. The Kier molecular flexibility index (Phi) is 4.95. The van der Waals surface area contributed by atoms with Gasteiger partial charge in [0.25, 0.3) is 5.91 Å². The molecule has 0 bridgehead atoms. The van der Waals surface area contributed by atoms with E-state index < -0.39 is 23.1 Å². The lowest BCUT2D eigenvalue weighted by atomic mass is 10.1. The quantitative estimate of drug-likeness (QED) is 0.466. The summed E-state index contributed by atoms with van der Waals surface area (Å²) in [6, 6.07) is 10.4. The normalized spacial score (nSPS) is 12.7. The first-order chi connectivity index (χ1) is 15.1. The molecule has 0 saturated carbocycles. The summed E-state index contributed by atoms with van der Waals surface area (Å²) in [6.45, 7) is 0.934. The van der Waals surface area contributed by atoms with Crippen LogP contribution in [-0.4, -0.2) is 29.1 Å². The molecule has 0 N–H and O–H groups in total. The van der Waals surface area contributed by atoms with Crippen molar-refractivity contribution in [2.45, 2.75) is 6.54 Å². The number of pyridine rings is 1. The predicted octanol–water partition coefficient (Wildman–Crippen LogP) is 4.59. The van der Waals surface area contributed by atoms with Gasteiger partial charge in [-0.15, -0.1) is 0 Å². The van der Waals surface area contributed by atoms with Crippen LogP contribution in [0.4, 0.5) is 13.9 Å². The number of carbonyl (C=O) groups is 1. The van der Waals surface area contributed by atoms with E-state index in [4.69, 9.17) is 9.47 Å². The number of carbonyl (C=O) groups excluding carboxylic acids is 1. The summed E-state index contributed by atoms with van der Waals surface area (Å²) in [7, 11) is 0. The summed E-state index contributed by atoms with van der Waals surface area (Å²) in [6.07, 6.45) is 3.19. The van der Waals surface area contributed by atoms with Crippen molar-refractivity contribution in [3.05, 3.63) is 77.6 Å². The van der Waals surface area contributed by atoms with Gasteiger partial charge in [0.15, 0.2) is 16.6 Å². The molecule has 9 heteroatoms. The Hall–Kier alpha value is -3.59. The minimum absolute atomic E-state index is 0.0486. The van der Waals surface area contributed by atoms with Gasteiger partial charge in [0, 0.05) is 24.5 Å². The SMILES string of the molecule is O=C(c1c(F)cccc1F)N(Cc1cccnc1)c1nc2cc3c(cc2s1)OCCO3. The van der Waals surface area contributed by atoms with E-state index in [1.807, 2.05) is 0 Å². The number of aromatic nitrogens is 2. The molecular formula is C22H15F2N3O3S. The fourth-order valence-corrected chi connectivity index (χ4v) is 4.28. The molecule has 5 rings (SSSR count). The largest absolute Gasteiger partial charge is 0.486 e. The molecule has 0 saturated heterocycles. The zero-order valence-corrected chi connectivity index (χ0v) is 16.9. The number of fused-ring (bicyclic) bond motifs is 2. The number of rotatable bonds is 4. The highest BCUT2D eigenvalue weighted by Crippen LogP contribution is 2.39. The first kappa shape index (κ1) is 19.4. The van der Waals surface area contributed by atoms with E-state index in [0.29, 0.717) is 40.9 Å². The number of anilines is 1. The highest BCUT2D eigenvalue weighted by atomic mass is 32.1. The molecule has 1 amide bonds. The van der Waals surface area contributed by atoms with Crippen molar-refractivity contribution in [3.63, 3.8) is 0 Å². The van der Waals surface area contributed by atoms with Crippen molar-refractivity contribution < 1.29 is 23.0 Å². The van der Waals surface area contributed by atoms with Crippen LogP contribution < -0.4 is 14.4 Å². The van der Waals surface area contributed by atoms with Gasteiger partial charge in [-0.2, -0.15) is 0 Å². The molecule has 3 heterocycles. The second kappa shape index (κ2) is 7.92. The monoisotopic (exact) mass is 439 g/mol. The van der Waals surface area contributed by atoms with Gasteiger partial charge < -0.3 is 9.47 Å². The summed E-state index contributed by atoms with van der Waals surface area (Å²) in [5.74, 6) is -1.52. The Morgan fingerprint density at radius 3 is 2.52 bits per heavy atom. The lowest BCUT2D eigenvalue weighted by molar-refractivity contribution is 0.0977. The second-order valence-corrected chi connectivity index (χ2v) is 7.82. The van der Waals surface area contributed by atoms with Crippen LogP contribution in [0.2, 0.25) is 0 Å². The zero-order valence-electron chi connectivity index (χ0n) is 16.0. The maximum absolute atomic E-state index is 14.4. The Balaban J connectivity index is 1.60. The van der Waals surface area contributed by atoms with E-state index in [-0.39, 0.29) is 6.54 Å². The number of nitrogens with zero attached hydrogens (tertiary/aromatic N) is 3. The van der Waals surface area contributed by atoms with Gasteiger partial charge in [0.05, 0.1) is 16.8 Å². The molecule has 1 aliphatic rings.